The van der Waals surface area contributed by atoms with Crippen LogP contribution in [0.4, 0.5) is 0 Å². The number of quaternary nitrogens is 1. The van der Waals surface area contributed by atoms with E-state index in [0.29, 0.717) is 0 Å². The molecule has 0 unspecified atom stereocenters. The van der Waals surface area contributed by atoms with Crippen molar-refractivity contribution < 1.29 is 31.2 Å². The lowest BCUT2D eigenvalue weighted by Gasteiger charge is -2.43. The Morgan fingerprint density at radius 1 is 1.28 bits per heavy atom. The van der Waals surface area contributed by atoms with Gasteiger partial charge in [-0.2, -0.15) is 4.41 Å². The molecule has 0 saturated carbocycles. The second kappa shape index (κ2) is 6.56. The van der Waals surface area contributed by atoms with E-state index in [4.69, 9.17) is 14.2 Å². The van der Waals surface area contributed by atoms with Gasteiger partial charge < -0.3 is 26.6 Å². The first-order valence-corrected chi connectivity index (χ1v) is 6.37. The largest absolute Gasteiger partial charge is 1.00 e. The maximum Gasteiger partial charge on any atom is 0.182 e. The van der Waals surface area contributed by atoms with Crippen molar-refractivity contribution in [2.75, 3.05) is 47.6 Å². The summed E-state index contributed by atoms with van der Waals surface area (Å²) < 4.78 is 19.0. The molecule has 0 amide bonds. The fraction of sp³-hybridized carbons (Fsp3) is 0.636. The molecular weight excluding hydrogens is 276 g/mol. The van der Waals surface area contributed by atoms with Gasteiger partial charge in [0.1, 0.15) is 25.0 Å². The summed E-state index contributed by atoms with van der Waals surface area (Å²) in [5.41, 5.74) is 0. The van der Waals surface area contributed by atoms with Crippen molar-refractivity contribution in [3.8, 4) is 0 Å². The molecule has 1 fully saturated rings. The number of halogens is 1. The second-order valence-corrected chi connectivity index (χ2v) is 5.15. The SMILES string of the molecule is COC1=CN([N+]2(C)CCOCC2)SC(OC)=C1.[Cl-]. The Morgan fingerprint density at radius 2 is 1.94 bits per heavy atom. The van der Waals surface area contributed by atoms with Crippen LogP contribution >= 0.6 is 11.9 Å². The number of rotatable bonds is 3. The molecule has 2 aliphatic heterocycles. The first-order chi connectivity index (χ1) is 8.18. The van der Waals surface area contributed by atoms with Gasteiger partial charge in [-0.15, -0.1) is 0 Å². The summed E-state index contributed by atoms with van der Waals surface area (Å²) in [4.78, 5) is 0. The van der Waals surface area contributed by atoms with Crippen molar-refractivity contribution in [3.05, 3.63) is 23.1 Å². The number of allylic oxidation sites excluding steroid dienone is 1. The van der Waals surface area contributed by atoms with Crippen LogP contribution in [0, 0.1) is 0 Å². The zero-order valence-electron chi connectivity index (χ0n) is 10.9. The van der Waals surface area contributed by atoms with Gasteiger partial charge in [0.25, 0.3) is 0 Å². The summed E-state index contributed by atoms with van der Waals surface area (Å²) in [5, 5.41) is 0.843. The summed E-state index contributed by atoms with van der Waals surface area (Å²) in [6.45, 7) is 3.49. The third-order valence-corrected chi connectivity index (χ3v) is 4.18. The maximum atomic E-state index is 5.41. The average Bonchev–Trinajstić information content (AvgIpc) is 2.39. The van der Waals surface area contributed by atoms with E-state index in [-0.39, 0.29) is 12.4 Å². The molecule has 0 spiro atoms. The Hall–Kier alpha value is -0.560. The van der Waals surface area contributed by atoms with E-state index >= 15 is 0 Å². The average molecular weight is 295 g/mol. The molecule has 1 saturated heterocycles. The third kappa shape index (κ3) is 3.26. The van der Waals surface area contributed by atoms with E-state index in [1.54, 1.807) is 26.2 Å². The highest BCUT2D eigenvalue weighted by atomic mass is 35.5. The predicted octanol–water partition coefficient (Wildman–Crippen LogP) is -1.68. The van der Waals surface area contributed by atoms with E-state index < -0.39 is 0 Å². The molecule has 104 valence electrons. The van der Waals surface area contributed by atoms with Crippen LogP contribution in [-0.4, -0.2) is 56.6 Å². The van der Waals surface area contributed by atoms with Gasteiger partial charge >= 0.3 is 0 Å². The van der Waals surface area contributed by atoms with Crippen LogP contribution in [0.1, 0.15) is 0 Å². The topological polar surface area (TPSA) is 30.9 Å². The van der Waals surface area contributed by atoms with Gasteiger partial charge in [0.2, 0.25) is 0 Å². The molecule has 0 aliphatic carbocycles. The summed E-state index contributed by atoms with van der Waals surface area (Å²) >= 11 is 1.59. The van der Waals surface area contributed by atoms with E-state index in [2.05, 4.69) is 11.5 Å². The summed E-state index contributed by atoms with van der Waals surface area (Å²) in [6.07, 6.45) is 3.91. The third-order valence-electron chi connectivity index (χ3n) is 3.03. The van der Waals surface area contributed by atoms with Gasteiger partial charge in [0.05, 0.1) is 46.4 Å². The minimum absolute atomic E-state index is 0. The Bertz CT molecular complexity index is 343. The highest BCUT2D eigenvalue weighted by Crippen LogP contribution is 2.34. The van der Waals surface area contributed by atoms with Crippen molar-refractivity contribution in [2.24, 2.45) is 0 Å². The number of likely N-dealkylation sites (N-methyl/N-ethyl adjacent to an activating group) is 1. The molecule has 7 heteroatoms. The van der Waals surface area contributed by atoms with Gasteiger partial charge in [-0.3, -0.25) is 0 Å². The second-order valence-electron chi connectivity index (χ2n) is 4.20. The number of morpholine rings is 1. The zero-order chi connectivity index (χ0) is 12.3. The highest BCUT2D eigenvalue weighted by molar-refractivity contribution is 8.00. The van der Waals surface area contributed by atoms with Gasteiger partial charge in [0.15, 0.2) is 5.09 Å². The molecule has 18 heavy (non-hydrogen) atoms. The van der Waals surface area contributed by atoms with Gasteiger partial charge in [-0.25, -0.2) is 4.59 Å². The molecule has 2 heterocycles. The highest BCUT2D eigenvalue weighted by Gasteiger charge is 2.35. The Labute approximate surface area is 118 Å². The Kier molecular flexibility index (Phi) is 5.65. The maximum absolute atomic E-state index is 5.41. The zero-order valence-corrected chi connectivity index (χ0v) is 12.5. The van der Waals surface area contributed by atoms with Crippen LogP contribution in [0.15, 0.2) is 23.1 Å². The number of hydrogen-bond acceptors (Lipinski definition) is 5. The van der Waals surface area contributed by atoms with Crippen molar-refractivity contribution >= 4 is 11.9 Å². The molecule has 2 rings (SSSR count). The van der Waals surface area contributed by atoms with Crippen molar-refractivity contribution in [1.82, 2.24) is 4.41 Å². The van der Waals surface area contributed by atoms with Crippen molar-refractivity contribution in [3.63, 3.8) is 0 Å². The molecule has 5 nitrogen and oxygen atoms in total. The van der Waals surface area contributed by atoms with Crippen LogP contribution < -0.4 is 12.4 Å². The van der Waals surface area contributed by atoms with Crippen LogP contribution in [-0.2, 0) is 14.2 Å². The minimum Gasteiger partial charge on any atom is -1.00 e. The van der Waals surface area contributed by atoms with Gasteiger partial charge in [-0.1, -0.05) is 0 Å². The minimum atomic E-state index is 0. The fourth-order valence-corrected chi connectivity index (χ4v) is 2.73. The first-order valence-electron chi connectivity index (χ1n) is 5.59. The lowest BCUT2D eigenvalue weighted by Crippen LogP contribution is -3.00. The van der Waals surface area contributed by atoms with Crippen molar-refractivity contribution in [2.45, 2.75) is 0 Å². The number of ether oxygens (including phenoxy) is 3. The smallest absolute Gasteiger partial charge is 0.182 e. The lowest BCUT2D eigenvalue weighted by atomic mass is 10.4. The number of hydrogen-bond donors (Lipinski definition) is 0. The molecular formula is C11H19ClN2O3S. The molecule has 0 N–H and O–H groups in total. The molecule has 0 aromatic carbocycles. The standard InChI is InChI=1S/C11H19N2O3S.ClH/c1-13(4-6-16-7-5-13)12-9-10(14-2)8-11(15-3)17-12;/h8-9H,4-7H2,1-3H3;1H/q+1;/p-1. The van der Waals surface area contributed by atoms with Crippen LogP contribution in [0.5, 0.6) is 0 Å². The molecule has 2 aliphatic rings. The van der Waals surface area contributed by atoms with Crippen LogP contribution in [0.3, 0.4) is 0 Å². The normalized spacial score (nSPS) is 22.5. The summed E-state index contributed by atoms with van der Waals surface area (Å²) in [7, 11) is 5.54. The fourth-order valence-electron chi connectivity index (χ4n) is 1.79. The number of methoxy groups -OCH3 is 2. The summed E-state index contributed by atoms with van der Waals surface area (Å²) in [5.74, 6) is 0.812. The monoisotopic (exact) mass is 294 g/mol. The molecule has 0 bridgehead atoms. The van der Waals surface area contributed by atoms with Gasteiger partial charge in [-0.05, 0) is 0 Å². The van der Waals surface area contributed by atoms with Gasteiger partial charge in [0, 0.05) is 6.08 Å². The first kappa shape index (κ1) is 15.5. The van der Waals surface area contributed by atoms with Crippen LogP contribution in [0.25, 0.3) is 0 Å². The van der Waals surface area contributed by atoms with E-state index in [1.165, 1.54) is 0 Å². The quantitative estimate of drug-likeness (QED) is 0.459. The molecule has 0 atom stereocenters. The van der Waals surface area contributed by atoms with Crippen LogP contribution in [0.2, 0.25) is 0 Å². The number of nitrogens with zero attached hydrogens (tertiary/aromatic N) is 2. The molecule has 0 aromatic rings. The lowest BCUT2D eigenvalue weighted by molar-refractivity contribution is -0.997. The Morgan fingerprint density at radius 3 is 2.50 bits per heavy atom. The summed E-state index contributed by atoms with van der Waals surface area (Å²) in [6, 6.07) is 0. The molecule has 0 aromatic heterocycles. The van der Waals surface area contributed by atoms with E-state index in [0.717, 1.165) is 41.7 Å². The van der Waals surface area contributed by atoms with E-state index in [1.807, 2.05) is 12.3 Å². The predicted molar refractivity (Wildman–Crippen MR) is 66.4 cm³/mol. The van der Waals surface area contributed by atoms with Crippen molar-refractivity contribution in [1.29, 1.82) is 0 Å². The molecule has 0 radical (unpaired) electrons. The Balaban J connectivity index is 0.00000162. The van der Waals surface area contributed by atoms with E-state index in [9.17, 15) is 0 Å².